The number of nitrogens with zero attached hydrogens (tertiary/aromatic N) is 1. The number of anilines is 1. The molecule has 1 amide bonds. The molecule has 4 nitrogen and oxygen atoms in total. The molecule has 2 aromatic carbocycles. The number of hydrogen-bond donors (Lipinski definition) is 2. The monoisotopic (exact) mass is 373 g/mol. The summed E-state index contributed by atoms with van der Waals surface area (Å²) in [7, 11) is 0. The first-order valence-electron chi connectivity index (χ1n) is 8.57. The number of carbonyl (C=O) groups excluding carboxylic acids is 1. The second-order valence-corrected chi connectivity index (χ2v) is 6.33. The predicted molar refractivity (Wildman–Crippen MR) is 104 cm³/mol. The van der Waals surface area contributed by atoms with Crippen molar-refractivity contribution in [2.24, 2.45) is 0 Å². The zero-order valence-electron chi connectivity index (χ0n) is 14.3. The molecule has 1 aromatic heterocycles. The molecule has 1 aliphatic rings. The largest absolute Gasteiger partial charge is 0.335 e. The molecule has 0 unspecified atom stereocenters. The minimum Gasteiger partial charge on any atom is -0.335 e. The third-order valence-electron chi connectivity index (χ3n) is 4.71. The van der Waals surface area contributed by atoms with E-state index in [-0.39, 0.29) is 30.7 Å². The van der Waals surface area contributed by atoms with E-state index in [0.29, 0.717) is 5.69 Å². The summed E-state index contributed by atoms with van der Waals surface area (Å²) in [6, 6.07) is 14.1. The van der Waals surface area contributed by atoms with E-state index in [4.69, 9.17) is 0 Å². The normalized spacial score (nSPS) is 13.6. The van der Waals surface area contributed by atoms with Gasteiger partial charge >= 0.3 is 0 Å². The maximum atomic E-state index is 13.0. The van der Waals surface area contributed by atoms with Crippen LogP contribution in [0.15, 0.2) is 48.5 Å². The maximum Gasteiger partial charge on any atom is 0.244 e. The van der Waals surface area contributed by atoms with Crippen LogP contribution >= 0.6 is 12.4 Å². The molecule has 3 aromatic rings. The molecular formula is C20H21ClFN3O. The average Bonchev–Trinajstić information content (AvgIpc) is 2.77. The zero-order valence-corrected chi connectivity index (χ0v) is 15.1. The van der Waals surface area contributed by atoms with Crippen molar-refractivity contribution < 1.29 is 9.18 Å². The van der Waals surface area contributed by atoms with E-state index in [9.17, 15) is 9.18 Å². The van der Waals surface area contributed by atoms with Crippen LogP contribution in [-0.4, -0.2) is 23.6 Å². The third-order valence-corrected chi connectivity index (χ3v) is 4.71. The summed E-state index contributed by atoms with van der Waals surface area (Å²) >= 11 is 0. The number of carbonyl (C=O) groups is 1. The Hall–Kier alpha value is -2.37. The summed E-state index contributed by atoms with van der Waals surface area (Å²) in [5.41, 5.74) is 4.29. The van der Waals surface area contributed by atoms with E-state index in [1.165, 1.54) is 28.8 Å². The standard InChI is InChI=1S/C20H20FN3O.ClH/c21-14-5-7-15(8-6-14)23-20(25)13-24-18-4-2-1-3-16(18)17-9-11-22-12-10-19(17)24;/h1-8,22H,9-13H2,(H,23,25);1H. The Morgan fingerprint density at radius 2 is 1.81 bits per heavy atom. The van der Waals surface area contributed by atoms with Gasteiger partial charge in [-0.25, -0.2) is 4.39 Å². The van der Waals surface area contributed by atoms with Crippen molar-refractivity contribution in [3.63, 3.8) is 0 Å². The van der Waals surface area contributed by atoms with Gasteiger partial charge in [0, 0.05) is 35.2 Å². The lowest BCUT2D eigenvalue weighted by molar-refractivity contribution is -0.116. The molecule has 26 heavy (non-hydrogen) atoms. The first-order chi connectivity index (χ1) is 12.2. The number of benzene rings is 2. The van der Waals surface area contributed by atoms with Crippen LogP contribution in [0.1, 0.15) is 11.3 Å². The number of nitrogens with one attached hydrogen (secondary N) is 2. The molecular weight excluding hydrogens is 353 g/mol. The highest BCUT2D eigenvalue weighted by Crippen LogP contribution is 2.28. The number of rotatable bonds is 3. The molecule has 0 saturated carbocycles. The van der Waals surface area contributed by atoms with Gasteiger partial charge in [-0.3, -0.25) is 4.79 Å². The van der Waals surface area contributed by atoms with Crippen molar-refractivity contribution in [1.82, 2.24) is 9.88 Å². The van der Waals surface area contributed by atoms with Gasteiger partial charge in [0.2, 0.25) is 5.91 Å². The number of aromatic nitrogens is 1. The van der Waals surface area contributed by atoms with Crippen LogP contribution in [0.5, 0.6) is 0 Å². The van der Waals surface area contributed by atoms with Gasteiger partial charge in [0.1, 0.15) is 12.4 Å². The summed E-state index contributed by atoms with van der Waals surface area (Å²) in [6.45, 7) is 2.14. The quantitative estimate of drug-likeness (QED) is 0.737. The van der Waals surface area contributed by atoms with Crippen molar-refractivity contribution >= 4 is 34.9 Å². The highest BCUT2D eigenvalue weighted by molar-refractivity contribution is 5.93. The fourth-order valence-electron chi connectivity index (χ4n) is 3.60. The summed E-state index contributed by atoms with van der Waals surface area (Å²) in [5.74, 6) is -0.417. The van der Waals surface area contributed by atoms with Crippen molar-refractivity contribution in [1.29, 1.82) is 0 Å². The van der Waals surface area contributed by atoms with Crippen molar-refractivity contribution in [3.8, 4) is 0 Å². The summed E-state index contributed by atoms with van der Waals surface area (Å²) < 4.78 is 15.1. The Balaban J connectivity index is 0.00000196. The number of halogens is 2. The summed E-state index contributed by atoms with van der Waals surface area (Å²) in [4.78, 5) is 12.5. The van der Waals surface area contributed by atoms with Crippen LogP contribution < -0.4 is 10.6 Å². The highest BCUT2D eigenvalue weighted by atomic mass is 35.5. The predicted octanol–water partition coefficient (Wildman–Crippen LogP) is 3.53. The molecule has 4 rings (SSSR count). The molecule has 1 aliphatic heterocycles. The fraction of sp³-hybridized carbons (Fsp3) is 0.250. The van der Waals surface area contributed by atoms with E-state index < -0.39 is 0 Å². The SMILES string of the molecule is Cl.O=C(Cn1c2c(c3ccccc31)CCNCC2)Nc1ccc(F)cc1. The van der Waals surface area contributed by atoms with Crippen LogP contribution in [0.4, 0.5) is 10.1 Å². The maximum absolute atomic E-state index is 13.0. The number of hydrogen-bond acceptors (Lipinski definition) is 2. The smallest absolute Gasteiger partial charge is 0.244 e. The molecule has 0 atom stereocenters. The molecule has 0 bridgehead atoms. The molecule has 136 valence electrons. The zero-order chi connectivity index (χ0) is 17.2. The Kier molecular flexibility index (Phi) is 5.59. The Bertz CT molecular complexity index is 921. The number of fused-ring (bicyclic) bond motifs is 3. The van der Waals surface area contributed by atoms with Gasteiger partial charge in [-0.05, 0) is 48.9 Å². The van der Waals surface area contributed by atoms with Crippen LogP contribution in [-0.2, 0) is 24.2 Å². The fourth-order valence-corrected chi connectivity index (χ4v) is 3.60. The second kappa shape index (κ2) is 7.89. The van der Waals surface area contributed by atoms with E-state index in [1.54, 1.807) is 12.1 Å². The molecule has 0 radical (unpaired) electrons. The van der Waals surface area contributed by atoms with Gasteiger partial charge < -0.3 is 15.2 Å². The van der Waals surface area contributed by atoms with Crippen molar-refractivity contribution in [3.05, 3.63) is 65.6 Å². The number of para-hydroxylation sites is 1. The molecule has 0 aliphatic carbocycles. The first kappa shape index (κ1) is 18.4. The van der Waals surface area contributed by atoms with Crippen LogP contribution in [0, 0.1) is 5.82 Å². The lowest BCUT2D eigenvalue weighted by Gasteiger charge is -2.11. The minimum atomic E-state index is -0.313. The van der Waals surface area contributed by atoms with Crippen molar-refractivity contribution in [2.45, 2.75) is 19.4 Å². The van der Waals surface area contributed by atoms with Gasteiger partial charge in [0.15, 0.2) is 0 Å². The minimum absolute atomic E-state index is 0. The molecule has 2 heterocycles. The lowest BCUT2D eigenvalue weighted by atomic mass is 10.1. The molecule has 0 fully saturated rings. The van der Waals surface area contributed by atoms with Gasteiger partial charge in [-0.1, -0.05) is 18.2 Å². The summed E-state index contributed by atoms with van der Waals surface area (Å²) in [6.07, 6.45) is 1.89. The third kappa shape index (κ3) is 3.59. The van der Waals surface area contributed by atoms with Crippen LogP contribution in [0.2, 0.25) is 0 Å². The van der Waals surface area contributed by atoms with Gasteiger partial charge in [0.25, 0.3) is 0 Å². The molecule has 0 spiro atoms. The van der Waals surface area contributed by atoms with E-state index in [2.05, 4.69) is 27.3 Å². The molecule has 0 saturated heterocycles. The van der Waals surface area contributed by atoms with Gasteiger partial charge in [-0.2, -0.15) is 0 Å². The first-order valence-corrected chi connectivity index (χ1v) is 8.57. The van der Waals surface area contributed by atoms with Crippen LogP contribution in [0.3, 0.4) is 0 Å². The summed E-state index contributed by atoms with van der Waals surface area (Å²) in [5, 5.41) is 7.51. The van der Waals surface area contributed by atoms with Gasteiger partial charge in [-0.15, -0.1) is 12.4 Å². The van der Waals surface area contributed by atoms with E-state index in [0.717, 1.165) is 31.4 Å². The topological polar surface area (TPSA) is 46.1 Å². The molecule has 6 heteroatoms. The van der Waals surface area contributed by atoms with Gasteiger partial charge in [0.05, 0.1) is 0 Å². The van der Waals surface area contributed by atoms with Crippen LogP contribution in [0.25, 0.3) is 10.9 Å². The number of amides is 1. The van der Waals surface area contributed by atoms with Crippen molar-refractivity contribution in [2.75, 3.05) is 18.4 Å². The van der Waals surface area contributed by atoms with E-state index >= 15 is 0 Å². The molecule has 2 N–H and O–H groups in total. The van der Waals surface area contributed by atoms with E-state index in [1.807, 2.05) is 12.1 Å². The Morgan fingerprint density at radius 1 is 1.08 bits per heavy atom. The lowest BCUT2D eigenvalue weighted by Crippen LogP contribution is -2.21. The Labute approximate surface area is 157 Å². The highest BCUT2D eigenvalue weighted by Gasteiger charge is 2.19. The second-order valence-electron chi connectivity index (χ2n) is 6.33. The average molecular weight is 374 g/mol. The Morgan fingerprint density at radius 3 is 2.62 bits per heavy atom.